The fraction of sp³-hybridized carbons (Fsp3) is 0.357. The number of rotatable bonds is 7. The van der Waals surface area contributed by atoms with Gasteiger partial charge in [0.1, 0.15) is 0 Å². The Morgan fingerprint density at radius 3 is 2.40 bits per heavy atom. The number of hydrogen-bond donors (Lipinski definition) is 1. The van der Waals surface area contributed by atoms with E-state index in [1.807, 2.05) is 42.5 Å². The zero-order valence-electron chi connectivity index (χ0n) is 19.8. The van der Waals surface area contributed by atoms with Gasteiger partial charge in [0.05, 0.1) is 29.5 Å². The fourth-order valence-corrected chi connectivity index (χ4v) is 5.04. The van der Waals surface area contributed by atoms with E-state index in [9.17, 15) is 9.90 Å². The monoisotopic (exact) mass is 510 g/mol. The molecule has 1 aliphatic heterocycles. The number of nitrogens with zero attached hydrogens (tertiary/aromatic N) is 2. The number of hydrogen-bond acceptors (Lipinski definition) is 4. The molecule has 2 aliphatic rings. The van der Waals surface area contributed by atoms with Crippen LogP contribution in [-0.4, -0.2) is 27.5 Å². The lowest BCUT2D eigenvalue weighted by Gasteiger charge is -2.41. The van der Waals surface area contributed by atoms with Crippen LogP contribution in [0, 0.1) is 5.92 Å². The maximum absolute atomic E-state index is 14.0. The molecule has 1 unspecified atom stereocenters. The molecular formula is C28H28Cl2N2O3. The van der Waals surface area contributed by atoms with Gasteiger partial charge in [0, 0.05) is 27.9 Å². The highest BCUT2D eigenvalue weighted by Gasteiger charge is 2.53. The lowest BCUT2D eigenvalue weighted by molar-refractivity contribution is -0.128. The van der Waals surface area contributed by atoms with Crippen LogP contribution in [0.1, 0.15) is 65.9 Å². The van der Waals surface area contributed by atoms with Crippen LogP contribution in [0.2, 0.25) is 10.0 Å². The summed E-state index contributed by atoms with van der Waals surface area (Å²) in [7, 11) is 0. The Morgan fingerprint density at radius 2 is 1.80 bits per heavy atom. The second-order valence-corrected chi connectivity index (χ2v) is 10.8. The van der Waals surface area contributed by atoms with Crippen LogP contribution in [0.25, 0.3) is 0 Å². The van der Waals surface area contributed by atoms with Gasteiger partial charge in [-0.2, -0.15) is 0 Å². The molecular weight excluding hydrogens is 483 g/mol. The first kappa shape index (κ1) is 24.3. The molecule has 3 aromatic rings. The number of carbonyl (C=O) groups excluding carboxylic acids is 1. The van der Waals surface area contributed by atoms with Crippen LogP contribution in [-0.2, 0) is 22.6 Å². The highest BCUT2D eigenvalue weighted by molar-refractivity contribution is 6.30. The fourth-order valence-electron chi connectivity index (χ4n) is 4.80. The van der Waals surface area contributed by atoms with Gasteiger partial charge in [-0.3, -0.25) is 14.7 Å². The second-order valence-electron chi connectivity index (χ2n) is 9.94. The van der Waals surface area contributed by atoms with E-state index in [0.717, 1.165) is 24.0 Å². The quantitative estimate of drug-likeness (QED) is 0.405. The molecule has 1 atom stereocenters. The van der Waals surface area contributed by atoms with E-state index in [1.165, 1.54) is 6.42 Å². The number of aromatic nitrogens is 1. The highest BCUT2D eigenvalue weighted by atomic mass is 35.5. The third-order valence-electron chi connectivity index (χ3n) is 7.04. The van der Waals surface area contributed by atoms with Gasteiger partial charge in [0.25, 0.3) is 5.91 Å². The molecule has 5 nitrogen and oxygen atoms in total. The molecule has 1 saturated carbocycles. The van der Waals surface area contributed by atoms with Crippen LogP contribution in [0.5, 0.6) is 0 Å². The van der Waals surface area contributed by atoms with E-state index >= 15 is 0 Å². The number of fused-ring (bicyclic) bond motifs is 1. The van der Waals surface area contributed by atoms with E-state index < -0.39 is 11.3 Å². The van der Waals surface area contributed by atoms with Crippen molar-refractivity contribution in [1.82, 2.24) is 9.88 Å². The Morgan fingerprint density at radius 1 is 1.09 bits per heavy atom. The van der Waals surface area contributed by atoms with Crippen molar-refractivity contribution in [3.05, 3.63) is 98.8 Å². The lowest BCUT2D eigenvalue weighted by atomic mass is 9.85. The molecule has 0 saturated heterocycles. The normalized spacial score (nSPS) is 20.1. The van der Waals surface area contributed by atoms with Crippen molar-refractivity contribution in [2.24, 2.45) is 5.92 Å². The van der Waals surface area contributed by atoms with Crippen molar-refractivity contribution in [2.45, 2.75) is 51.0 Å². The zero-order valence-corrected chi connectivity index (χ0v) is 21.3. The molecule has 1 fully saturated rings. The first-order valence-corrected chi connectivity index (χ1v) is 12.6. The Hall–Kier alpha value is -2.44. The molecule has 1 amide bonds. The molecule has 0 spiro atoms. The zero-order chi connectivity index (χ0) is 24.8. The molecule has 35 heavy (non-hydrogen) atoms. The summed E-state index contributed by atoms with van der Waals surface area (Å²) in [6.07, 6.45) is 5.02. The van der Waals surface area contributed by atoms with Gasteiger partial charge in [-0.1, -0.05) is 53.9 Å². The third kappa shape index (κ3) is 4.47. The molecule has 0 bridgehead atoms. The topological polar surface area (TPSA) is 62.7 Å². The standard InChI is InChI=1S/C28H28Cl2N2O3/c1-27(2,34)20-8-13-25-24(14-20)26(33)32(16-23-12-11-22(30)15-31-23)28(25,35-17-18-4-3-5-18)19-6-9-21(29)10-7-19/h6-15,18,34H,3-5,16-17H2,1-2H3. The molecule has 7 heteroatoms. The van der Waals surface area contributed by atoms with E-state index in [2.05, 4.69) is 4.98 Å². The number of pyridine rings is 1. The minimum atomic E-state index is -1.15. The van der Waals surface area contributed by atoms with Crippen molar-refractivity contribution in [2.75, 3.05) is 6.61 Å². The predicted octanol–water partition coefficient (Wildman–Crippen LogP) is 6.29. The van der Waals surface area contributed by atoms with Crippen molar-refractivity contribution in [3.8, 4) is 0 Å². The second kappa shape index (κ2) is 9.21. The molecule has 2 aromatic carbocycles. The Kier molecular flexibility index (Phi) is 6.39. The van der Waals surface area contributed by atoms with Crippen molar-refractivity contribution in [3.63, 3.8) is 0 Å². The summed E-state index contributed by atoms with van der Waals surface area (Å²) < 4.78 is 6.80. The number of benzene rings is 2. The smallest absolute Gasteiger partial charge is 0.257 e. The van der Waals surface area contributed by atoms with E-state index in [0.29, 0.717) is 39.4 Å². The van der Waals surface area contributed by atoms with Gasteiger partial charge in [-0.15, -0.1) is 0 Å². The first-order valence-electron chi connectivity index (χ1n) is 11.9. The maximum Gasteiger partial charge on any atom is 0.257 e. The third-order valence-corrected chi connectivity index (χ3v) is 7.52. The molecule has 1 aromatic heterocycles. The molecule has 5 rings (SSSR count). The van der Waals surface area contributed by atoms with Gasteiger partial charge < -0.3 is 9.84 Å². The van der Waals surface area contributed by atoms with E-state index in [4.69, 9.17) is 27.9 Å². The van der Waals surface area contributed by atoms with Crippen molar-refractivity contribution >= 4 is 29.1 Å². The summed E-state index contributed by atoms with van der Waals surface area (Å²) in [5, 5.41) is 11.8. The lowest BCUT2D eigenvalue weighted by Crippen LogP contribution is -2.47. The van der Waals surface area contributed by atoms with Crippen molar-refractivity contribution < 1.29 is 14.6 Å². The summed E-state index contributed by atoms with van der Waals surface area (Å²) in [4.78, 5) is 20.2. The average Bonchev–Trinajstić information content (AvgIpc) is 3.02. The van der Waals surface area contributed by atoms with Crippen LogP contribution < -0.4 is 0 Å². The van der Waals surface area contributed by atoms with Crippen molar-refractivity contribution in [1.29, 1.82) is 0 Å². The number of carbonyl (C=O) groups is 1. The summed E-state index contributed by atoms with van der Waals surface area (Å²) in [5.74, 6) is 0.288. The number of amides is 1. The molecule has 0 radical (unpaired) electrons. The van der Waals surface area contributed by atoms with Crippen LogP contribution in [0.15, 0.2) is 60.8 Å². The summed E-state index contributed by atoms with van der Waals surface area (Å²) in [5.41, 5.74) is 1.22. The molecule has 2 heterocycles. The van der Waals surface area contributed by atoms with Gasteiger partial charge in [0.2, 0.25) is 0 Å². The predicted molar refractivity (Wildman–Crippen MR) is 136 cm³/mol. The summed E-state index contributed by atoms with van der Waals surface area (Å²) in [6, 6.07) is 16.6. The minimum absolute atomic E-state index is 0.175. The largest absolute Gasteiger partial charge is 0.386 e. The molecule has 1 aliphatic carbocycles. The maximum atomic E-state index is 14.0. The van der Waals surface area contributed by atoms with Gasteiger partial charge in [-0.05, 0) is 68.5 Å². The molecule has 1 N–H and O–H groups in total. The number of halogens is 2. The average molecular weight is 511 g/mol. The number of ether oxygens (including phenoxy) is 1. The number of aliphatic hydroxyl groups is 1. The summed E-state index contributed by atoms with van der Waals surface area (Å²) >= 11 is 12.3. The molecule has 182 valence electrons. The first-order chi connectivity index (χ1) is 16.7. The Bertz CT molecular complexity index is 1230. The Labute approximate surface area is 215 Å². The Balaban J connectivity index is 1.68. The van der Waals surface area contributed by atoms with Crippen LogP contribution in [0.4, 0.5) is 0 Å². The van der Waals surface area contributed by atoms with Gasteiger partial charge in [0.15, 0.2) is 5.72 Å². The van der Waals surface area contributed by atoms with Crippen LogP contribution in [0.3, 0.4) is 0 Å². The minimum Gasteiger partial charge on any atom is -0.386 e. The van der Waals surface area contributed by atoms with Gasteiger partial charge in [-0.25, -0.2) is 0 Å². The van der Waals surface area contributed by atoms with E-state index in [1.54, 1.807) is 37.1 Å². The van der Waals surface area contributed by atoms with Gasteiger partial charge >= 0.3 is 0 Å². The summed E-state index contributed by atoms with van der Waals surface area (Å²) in [6.45, 7) is 4.19. The van der Waals surface area contributed by atoms with E-state index in [-0.39, 0.29) is 12.5 Å². The highest BCUT2D eigenvalue weighted by Crippen LogP contribution is 2.48. The van der Waals surface area contributed by atoms with Crippen LogP contribution >= 0.6 is 23.2 Å². The SMILES string of the molecule is CC(C)(O)c1ccc2c(c1)C(=O)N(Cc1ccc(Cl)cn1)C2(OCC1CCC1)c1ccc(Cl)cc1.